The average molecular weight is 450 g/mol. The highest BCUT2D eigenvalue weighted by molar-refractivity contribution is 5.83. The number of ether oxygens (including phenoxy) is 2. The summed E-state index contributed by atoms with van der Waals surface area (Å²) in [5, 5.41) is 4.39. The number of rotatable bonds is 9. The highest BCUT2D eigenvalue weighted by atomic mass is 16.5. The van der Waals surface area contributed by atoms with E-state index in [4.69, 9.17) is 9.47 Å². The summed E-state index contributed by atoms with van der Waals surface area (Å²) in [6.07, 6.45) is 6.14. The fourth-order valence-corrected chi connectivity index (χ4v) is 4.94. The van der Waals surface area contributed by atoms with Crippen LogP contribution in [0.25, 0.3) is 10.9 Å². The van der Waals surface area contributed by atoms with Crippen LogP contribution in [0.4, 0.5) is 0 Å². The van der Waals surface area contributed by atoms with Crippen LogP contribution in [-0.4, -0.2) is 42.7 Å². The Morgan fingerprint density at radius 3 is 2.79 bits per heavy atom. The predicted molar refractivity (Wildman–Crippen MR) is 132 cm³/mol. The Balaban J connectivity index is 1.26. The maximum absolute atomic E-state index is 12.5. The summed E-state index contributed by atoms with van der Waals surface area (Å²) in [5.74, 6) is 2.13. The van der Waals surface area contributed by atoms with E-state index in [2.05, 4.69) is 52.3 Å². The van der Waals surface area contributed by atoms with Gasteiger partial charge in [0.2, 0.25) is 5.91 Å². The lowest BCUT2D eigenvalue weighted by atomic mass is 9.93. The minimum atomic E-state index is 0.0963. The van der Waals surface area contributed by atoms with Gasteiger partial charge in [0.15, 0.2) is 0 Å². The Hall–Kier alpha value is -2.99. The van der Waals surface area contributed by atoms with E-state index in [-0.39, 0.29) is 5.91 Å². The summed E-state index contributed by atoms with van der Waals surface area (Å²) < 4.78 is 12.9. The number of piperidine rings is 1. The van der Waals surface area contributed by atoms with Gasteiger partial charge in [0.25, 0.3) is 0 Å². The lowest BCUT2D eigenvalue weighted by molar-refractivity contribution is -0.121. The van der Waals surface area contributed by atoms with E-state index < -0.39 is 0 Å². The van der Waals surface area contributed by atoms with Gasteiger partial charge in [-0.1, -0.05) is 18.2 Å². The van der Waals surface area contributed by atoms with Gasteiger partial charge in [0.1, 0.15) is 11.5 Å². The number of methoxy groups -OCH3 is 2. The zero-order valence-corrected chi connectivity index (χ0v) is 20.0. The largest absolute Gasteiger partial charge is 0.497 e. The molecule has 3 aromatic rings. The van der Waals surface area contributed by atoms with Crippen molar-refractivity contribution in [2.24, 2.45) is 13.0 Å². The number of aryl methyl sites for hydroxylation is 1. The van der Waals surface area contributed by atoms with E-state index in [1.165, 1.54) is 29.3 Å². The summed E-state index contributed by atoms with van der Waals surface area (Å²) in [5.41, 5.74) is 3.62. The first kappa shape index (κ1) is 23.2. The number of hydrogen-bond acceptors (Lipinski definition) is 4. The number of amides is 1. The molecule has 0 aliphatic carbocycles. The van der Waals surface area contributed by atoms with Crippen LogP contribution in [-0.2, 0) is 24.9 Å². The Morgan fingerprint density at radius 2 is 1.97 bits per heavy atom. The Labute approximate surface area is 196 Å². The summed E-state index contributed by atoms with van der Waals surface area (Å²) >= 11 is 0. The maximum Gasteiger partial charge on any atom is 0.220 e. The van der Waals surface area contributed by atoms with Gasteiger partial charge in [-0.15, -0.1) is 0 Å². The molecule has 1 atom stereocenters. The van der Waals surface area contributed by atoms with Gasteiger partial charge in [0.05, 0.1) is 14.2 Å². The zero-order chi connectivity index (χ0) is 23.2. The fourth-order valence-electron chi connectivity index (χ4n) is 4.94. The van der Waals surface area contributed by atoms with E-state index in [0.717, 1.165) is 43.1 Å². The molecule has 6 nitrogen and oxygen atoms in total. The van der Waals surface area contributed by atoms with E-state index in [1.807, 2.05) is 18.2 Å². The quantitative estimate of drug-likeness (QED) is 0.522. The van der Waals surface area contributed by atoms with Gasteiger partial charge in [-0.3, -0.25) is 9.69 Å². The zero-order valence-electron chi connectivity index (χ0n) is 20.0. The van der Waals surface area contributed by atoms with E-state index in [1.54, 1.807) is 14.2 Å². The second-order valence-electron chi connectivity index (χ2n) is 9.02. The summed E-state index contributed by atoms with van der Waals surface area (Å²) in [7, 11) is 5.38. The van der Waals surface area contributed by atoms with Crippen molar-refractivity contribution in [1.29, 1.82) is 0 Å². The molecule has 0 spiro atoms. The minimum absolute atomic E-state index is 0.0963. The highest BCUT2D eigenvalue weighted by Gasteiger charge is 2.22. The van der Waals surface area contributed by atoms with Crippen molar-refractivity contribution in [2.75, 3.05) is 27.3 Å². The topological polar surface area (TPSA) is 55.7 Å². The van der Waals surface area contributed by atoms with Gasteiger partial charge in [-0.2, -0.15) is 0 Å². The molecule has 0 saturated carbocycles. The van der Waals surface area contributed by atoms with Crippen LogP contribution in [0, 0.1) is 5.92 Å². The molecule has 4 rings (SSSR count). The second-order valence-corrected chi connectivity index (χ2v) is 9.02. The average Bonchev–Trinajstić information content (AvgIpc) is 3.16. The Morgan fingerprint density at radius 1 is 1.12 bits per heavy atom. The molecule has 2 heterocycles. The molecule has 33 heavy (non-hydrogen) atoms. The third-order valence-corrected chi connectivity index (χ3v) is 6.73. The number of benzene rings is 2. The summed E-state index contributed by atoms with van der Waals surface area (Å²) in [6, 6.07) is 14.3. The standard InChI is InChI=1S/C27H35N3O3/c1-29-18-22(24-8-4-5-9-25(24)29)19-30-14-6-7-20(17-30)10-13-27(31)28-16-21-11-12-23(32-2)15-26(21)33-3/h4-5,8-9,11-12,15,18,20H,6-7,10,13-14,16-17,19H2,1-3H3,(H,28,31). The van der Waals surface area contributed by atoms with Gasteiger partial charge in [-0.05, 0) is 55.5 Å². The van der Waals surface area contributed by atoms with Crippen LogP contribution in [0.5, 0.6) is 11.5 Å². The second kappa shape index (κ2) is 10.8. The van der Waals surface area contributed by atoms with Crippen molar-refractivity contribution in [2.45, 2.75) is 38.8 Å². The maximum atomic E-state index is 12.5. The first-order valence-electron chi connectivity index (χ1n) is 11.8. The van der Waals surface area contributed by atoms with Crippen molar-refractivity contribution in [3.63, 3.8) is 0 Å². The smallest absolute Gasteiger partial charge is 0.220 e. The normalized spacial score (nSPS) is 16.6. The molecule has 2 aromatic carbocycles. The number of fused-ring (bicyclic) bond motifs is 1. The first-order chi connectivity index (χ1) is 16.1. The lowest BCUT2D eigenvalue weighted by Gasteiger charge is -2.32. The molecule has 176 valence electrons. The molecule has 0 radical (unpaired) electrons. The van der Waals surface area contributed by atoms with Crippen LogP contribution < -0.4 is 14.8 Å². The van der Waals surface area contributed by atoms with Crippen LogP contribution in [0.3, 0.4) is 0 Å². The Kier molecular flexibility index (Phi) is 7.55. The molecular formula is C27H35N3O3. The predicted octanol–water partition coefficient (Wildman–Crippen LogP) is 4.50. The number of carbonyl (C=O) groups is 1. The number of hydrogen-bond donors (Lipinski definition) is 1. The number of aromatic nitrogens is 1. The monoisotopic (exact) mass is 449 g/mol. The molecule has 6 heteroatoms. The SMILES string of the molecule is COc1ccc(CNC(=O)CCC2CCCN(Cc3cn(C)c4ccccc34)C2)c(OC)c1. The summed E-state index contributed by atoms with van der Waals surface area (Å²) in [4.78, 5) is 15.1. The van der Waals surface area contributed by atoms with Crippen LogP contribution in [0.15, 0.2) is 48.7 Å². The van der Waals surface area contributed by atoms with Gasteiger partial charge < -0.3 is 19.4 Å². The van der Waals surface area contributed by atoms with Gasteiger partial charge in [-0.25, -0.2) is 0 Å². The van der Waals surface area contributed by atoms with Crippen molar-refractivity contribution >= 4 is 16.8 Å². The molecule has 1 saturated heterocycles. The number of nitrogens with one attached hydrogen (secondary N) is 1. The Bertz CT molecular complexity index is 1090. The number of carbonyl (C=O) groups excluding carboxylic acids is 1. The molecule has 1 N–H and O–H groups in total. The molecule has 1 aliphatic rings. The van der Waals surface area contributed by atoms with Crippen molar-refractivity contribution in [3.05, 3.63) is 59.8 Å². The minimum Gasteiger partial charge on any atom is -0.497 e. The van der Waals surface area contributed by atoms with Crippen LogP contribution >= 0.6 is 0 Å². The third-order valence-electron chi connectivity index (χ3n) is 6.73. The third kappa shape index (κ3) is 5.69. The highest BCUT2D eigenvalue weighted by Crippen LogP contribution is 2.27. The number of para-hydroxylation sites is 1. The van der Waals surface area contributed by atoms with Gasteiger partial charge >= 0.3 is 0 Å². The molecule has 1 aromatic heterocycles. The number of nitrogens with zero attached hydrogens (tertiary/aromatic N) is 2. The molecule has 1 fully saturated rings. The first-order valence-corrected chi connectivity index (χ1v) is 11.8. The summed E-state index contributed by atoms with van der Waals surface area (Å²) in [6.45, 7) is 3.62. The molecular weight excluding hydrogens is 414 g/mol. The van der Waals surface area contributed by atoms with E-state index >= 15 is 0 Å². The van der Waals surface area contributed by atoms with E-state index in [9.17, 15) is 4.79 Å². The van der Waals surface area contributed by atoms with Gasteiger partial charge in [0, 0.05) is 61.8 Å². The molecule has 1 unspecified atom stereocenters. The van der Waals surface area contributed by atoms with Crippen molar-refractivity contribution in [1.82, 2.24) is 14.8 Å². The number of likely N-dealkylation sites (tertiary alicyclic amines) is 1. The fraction of sp³-hybridized carbons (Fsp3) is 0.444. The lowest BCUT2D eigenvalue weighted by Crippen LogP contribution is -2.35. The molecule has 1 aliphatic heterocycles. The van der Waals surface area contributed by atoms with Crippen molar-refractivity contribution < 1.29 is 14.3 Å². The van der Waals surface area contributed by atoms with Crippen LogP contribution in [0.2, 0.25) is 0 Å². The van der Waals surface area contributed by atoms with Crippen LogP contribution in [0.1, 0.15) is 36.8 Å². The molecule has 0 bridgehead atoms. The molecule has 1 amide bonds. The van der Waals surface area contributed by atoms with E-state index in [0.29, 0.717) is 18.9 Å². The van der Waals surface area contributed by atoms with Crippen molar-refractivity contribution in [3.8, 4) is 11.5 Å².